The van der Waals surface area contributed by atoms with Crippen molar-refractivity contribution in [3.05, 3.63) is 59.5 Å². The average Bonchev–Trinajstić information content (AvgIpc) is 2.88. The second-order valence-corrected chi connectivity index (χ2v) is 4.95. The van der Waals surface area contributed by atoms with Crippen LogP contribution in [0.15, 0.2) is 46.9 Å². The van der Waals surface area contributed by atoms with Gasteiger partial charge in [-0.25, -0.2) is 0 Å². The molecule has 19 heavy (non-hydrogen) atoms. The fourth-order valence-electron chi connectivity index (χ4n) is 2.42. The van der Waals surface area contributed by atoms with Crippen molar-refractivity contribution in [1.82, 2.24) is 5.32 Å². The molecule has 2 atom stereocenters. The summed E-state index contributed by atoms with van der Waals surface area (Å²) in [6, 6.07) is 15.4. The van der Waals surface area contributed by atoms with Gasteiger partial charge in [0.15, 0.2) is 0 Å². The summed E-state index contributed by atoms with van der Waals surface area (Å²) < 4.78 is 5.76. The van der Waals surface area contributed by atoms with Crippen LogP contribution >= 0.6 is 0 Å². The van der Waals surface area contributed by atoms with Crippen molar-refractivity contribution in [1.29, 1.82) is 0 Å². The fourth-order valence-corrected chi connectivity index (χ4v) is 2.42. The van der Waals surface area contributed by atoms with Crippen LogP contribution in [-0.2, 0) is 0 Å². The first-order valence-corrected chi connectivity index (χ1v) is 7.12. The minimum atomic E-state index is 0.277. The first kappa shape index (κ1) is 13.9. The Balaban J connectivity index is 2.12. The molecule has 0 aliphatic heterocycles. The highest BCUT2D eigenvalue weighted by Gasteiger charge is 2.18. The number of nitrogens with one attached hydrogen (secondary N) is 1. The van der Waals surface area contributed by atoms with Gasteiger partial charge in [0.1, 0.15) is 11.5 Å². The molecule has 0 bridgehead atoms. The summed E-state index contributed by atoms with van der Waals surface area (Å²) in [7, 11) is 0. The monoisotopic (exact) mass is 257 g/mol. The Hall–Kier alpha value is -1.54. The lowest BCUT2D eigenvalue weighted by Crippen LogP contribution is -2.25. The maximum Gasteiger partial charge on any atom is 0.121 e. The van der Waals surface area contributed by atoms with E-state index >= 15 is 0 Å². The number of aryl methyl sites for hydroxylation is 1. The van der Waals surface area contributed by atoms with Gasteiger partial charge in [-0.3, -0.25) is 0 Å². The van der Waals surface area contributed by atoms with Gasteiger partial charge in [0, 0.05) is 6.04 Å². The largest absolute Gasteiger partial charge is 0.465 e. The molecule has 2 heteroatoms. The summed E-state index contributed by atoms with van der Waals surface area (Å²) in [6.07, 6.45) is 2.09. The van der Waals surface area contributed by atoms with Crippen molar-refractivity contribution in [3.63, 3.8) is 0 Å². The van der Waals surface area contributed by atoms with Gasteiger partial charge in [0.2, 0.25) is 0 Å². The number of hydrogen-bond donors (Lipinski definition) is 1. The molecule has 0 unspecified atom stereocenters. The third-order valence-corrected chi connectivity index (χ3v) is 3.53. The number of hydrogen-bond acceptors (Lipinski definition) is 2. The Labute approximate surface area is 115 Å². The molecule has 0 radical (unpaired) electrons. The van der Waals surface area contributed by atoms with Crippen molar-refractivity contribution in [2.45, 2.75) is 45.7 Å². The van der Waals surface area contributed by atoms with Crippen molar-refractivity contribution >= 4 is 0 Å². The lowest BCUT2D eigenvalue weighted by Gasteiger charge is -2.23. The molecule has 0 amide bonds. The van der Waals surface area contributed by atoms with Crippen LogP contribution in [0.4, 0.5) is 0 Å². The first-order valence-electron chi connectivity index (χ1n) is 7.12. The molecule has 0 aliphatic rings. The molecule has 102 valence electrons. The second-order valence-electron chi connectivity index (χ2n) is 4.95. The Morgan fingerprint density at radius 3 is 2.16 bits per heavy atom. The Kier molecular flexibility index (Phi) is 4.80. The standard InChI is InChI=1S/C17H23NO/c1-4-15(14-9-7-6-8-10-14)18-16(5-2)17-12-11-13(3)19-17/h6-12,15-16,18H,4-5H2,1-3H3/t15-,16+/m0/s1. The molecule has 0 saturated heterocycles. The number of furan rings is 1. The van der Waals surface area contributed by atoms with Crippen molar-refractivity contribution < 1.29 is 4.42 Å². The molecular formula is C17H23NO. The Morgan fingerprint density at radius 2 is 1.63 bits per heavy atom. The quantitative estimate of drug-likeness (QED) is 0.805. The molecule has 0 aliphatic carbocycles. The summed E-state index contributed by atoms with van der Waals surface area (Å²) in [5.41, 5.74) is 1.34. The summed E-state index contributed by atoms with van der Waals surface area (Å²) >= 11 is 0. The molecule has 0 saturated carbocycles. The van der Waals surface area contributed by atoms with E-state index in [4.69, 9.17) is 4.42 Å². The second kappa shape index (κ2) is 6.58. The summed E-state index contributed by atoms with van der Waals surface area (Å²) in [4.78, 5) is 0. The van der Waals surface area contributed by atoms with Crippen molar-refractivity contribution in [2.75, 3.05) is 0 Å². The SMILES string of the molecule is CC[C@H](N[C@H](CC)c1ccc(C)o1)c1ccccc1. The highest BCUT2D eigenvalue weighted by atomic mass is 16.3. The maximum atomic E-state index is 5.76. The highest BCUT2D eigenvalue weighted by molar-refractivity contribution is 5.19. The first-order chi connectivity index (χ1) is 9.24. The lowest BCUT2D eigenvalue weighted by molar-refractivity contribution is 0.355. The highest BCUT2D eigenvalue weighted by Crippen LogP contribution is 2.25. The molecule has 1 aromatic carbocycles. The lowest BCUT2D eigenvalue weighted by atomic mass is 10.0. The molecule has 0 spiro atoms. The van der Waals surface area contributed by atoms with E-state index in [-0.39, 0.29) is 6.04 Å². The van der Waals surface area contributed by atoms with Crippen LogP contribution in [0.2, 0.25) is 0 Å². The zero-order valence-corrected chi connectivity index (χ0v) is 12.0. The predicted octanol–water partition coefficient (Wildman–Crippen LogP) is 4.78. The van der Waals surface area contributed by atoms with Crippen LogP contribution in [-0.4, -0.2) is 0 Å². The van der Waals surface area contributed by atoms with Gasteiger partial charge in [-0.15, -0.1) is 0 Å². The molecule has 1 N–H and O–H groups in total. The van der Waals surface area contributed by atoms with Crippen LogP contribution in [0, 0.1) is 6.92 Å². The molecule has 0 fully saturated rings. The van der Waals surface area contributed by atoms with Crippen LogP contribution in [0.5, 0.6) is 0 Å². The topological polar surface area (TPSA) is 25.2 Å². The molecule has 2 rings (SSSR count). The van der Waals surface area contributed by atoms with Crippen LogP contribution in [0.1, 0.15) is 55.9 Å². The predicted molar refractivity (Wildman–Crippen MR) is 79.1 cm³/mol. The van der Waals surface area contributed by atoms with E-state index in [0.29, 0.717) is 6.04 Å². The summed E-state index contributed by atoms with van der Waals surface area (Å²) in [5, 5.41) is 3.71. The molecule has 1 heterocycles. The van der Waals surface area contributed by atoms with E-state index in [1.54, 1.807) is 0 Å². The summed E-state index contributed by atoms with van der Waals surface area (Å²) in [6.45, 7) is 6.39. The zero-order valence-electron chi connectivity index (χ0n) is 12.0. The minimum absolute atomic E-state index is 0.277. The van der Waals surface area contributed by atoms with Gasteiger partial charge < -0.3 is 9.73 Å². The maximum absolute atomic E-state index is 5.76. The molecular weight excluding hydrogens is 234 g/mol. The van der Waals surface area contributed by atoms with E-state index in [9.17, 15) is 0 Å². The van der Waals surface area contributed by atoms with Gasteiger partial charge in [-0.05, 0) is 37.5 Å². The van der Waals surface area contributed by atoms with Gasteiger partial charge >= 0.3 is 0 Å². The van der Waals surface area contributed by atoms with E-state index < -0.39 is 0 Å². The number of benzene rings is 1. The zero-order chi connectivity index (χ0) is 13.7. The third kappa shape index (κ3) is 3.48. The van der Waals surface area contributed by atoms with E-state index in [0.717, 1.165) is 24.4 Å². The minimum Gasteiger partial charge on any atom is -0.465 e. The van der Waals surface area contributed by atoms with Gasteiger partial charge in [0.25, 0.3) is 0 Å². The van der Waals surface area contributed by atoms with Gasteiger partial charge in [-0.2, -0.15) is 0 Å². The molecule has 2 aromatic rings. The van der Waals surface area contributed by atoms with Crippen molar-refractivity contribution in [2.24, 2.45) is 0 Å². The van der Waals surface area contributed by atoms with E-state index in [2.05, 4.69) is 55.6 Å². The smallest absolute Gasteiger partial charge is 0.121 e. The van der Waals surface area contributed by atoms with Gasteiger partial charge in [0.05, 0.1) is 6.04 Å². The van der Waals surface area contributed by atoms with Gasteiger partial charge in [-0.1, -0.05) is 44.2 Å². The molecule has 2 nitrogen and oxygen atoms in total. The van der Waals surface area contributed by atoms with Crippen LogP contribution < -0.4 is 5.32 Å². The molecule has 1 aromatic heterocycles. The third-order valence-electron chi connectivity index (χ3n) is 3.53. The average molecular weight is 257 g/mol. The Morgan fingerprint density at radius 1 is 0.947 bits per heavy atom. The summed E-state index contributed by atoms with van der Waals surface area (Å²) in [5.74, 6) is 2.01. The fraction of sp³-hybridized carbons (Fsp3) is 0.412. The van der Waals surface area contributed by atoms with Crippen LogP contribution in [0.3, 0.4) is 0 Å². The van der Waals surface area contributed by atoms with Crippen molar-refractivity contribution in [3.8, 4) is 0 Å². The normalized spacial score (nSPS) is 14.3. The Bertz CT molecular complexity index is 489. The van der Waals surface area contributed by atoms with E-state index in [1.807, 2.05) is 13.0 Å². The van der Waals surface area contributed by atoms with Crippen LogP contribution in [0.25, 0.3) is 0 Å². The van der Waals surface area contributed by atoms with E-state index in [1.165, 1.54) is 5.56 Å². The number of rotatable bonds is 6.